The average Bonchev–Trinajstić information content (AvgIpc) is 2.27. The lowest BCUT2D eigenvalue weighted by Gasteiger charge is -2.33. The van der Waals surface area contributed by atoms with E-state index in [2.05, 4.69) is 0 Å². The van der Waals surface area contributed by atoms with Gasteiger partial charge in [0.2, 0.25) is 0 Å². The number of rotatable bonds is 4. The van der Waals surface area contributed by atoms with Crippen LogP contribution >= 0.6 is 0 Å². The van der Waals surface area contributed by atoms with E-state index in [-0.39, 0.29) is 18.5 Å². The predicted molar refractivity (Wildman–Crippen MR) is 72.0 cm³/mol. The summed E-state index contributed by atoms with van der Waals surface area (Å²) in [5, 5.41) is 0. The second-order valence-corrected chi connectivity index (χ2v) is 6.13. The molecule has 1 rings (SSSR count). The van der Waals surface area contributed by atoms with Crippen LogP contribution in [0.2, 0.25) is 0 Å². The zero-order chi connectivity index (χ0) is 14.5. The normalized spacial score (nSPS) is 17.4. The van der Waals surface area contributed by atoms with Gasteiger partial charge in [-0.25, -0.2) is 4.79 Å². The third-order valence-electron chi connectivity index (χ3n) is 2.93. The molecule has 1 amide bonds. The highest BCUT2D eigenvalue weighted by atomic mass is 16.6. The van der Waals surface area contributed by atoms with Gasteiger partial charge in [-0.2, -0.15) is 0 Å². The Balaban J connectivity index is 2.25. The van der Waals surface area contributed by atoms with E-state index in [1.807, 2.05) is 20.8 Å². The Bertz CT molecular complexity index is 314. The highest BCUT2D eigenvalue weighted by Crippen LogP contribution is 2.19. The molecule has 0 N–H and O–H groups in total. The van der Waals surface area contributed by atoms with Crippen molar-refractivity contribution in [3.63, 3.8) is 0 Å². The van der Waals surface area contributed by atoms with E-state index in [1.54, 1.807) is 4.90 Å². The van der Waals surface area contributed by atoms with Crippen LogP contribution in [0.1, 0.15) is 40.5 Å². The zero-order valence-electron chi connectivity index (χ0n) is 12.4. The number of likely N-dealkylation sites (tertiary alicyclic amines) is 1. The molecule has 110 valence electrons. The maximum absolute atomic E-state index is 11.9. The summed E-state index contributed by atoms with van der Waals surface area (Å²) in [4.78, 5) is 24.4. The molecular weight excluding hydrogens is 246 g/mol. The first-order valence-corrected chi connectivity index (χ1v) is 6.83. The van der Waals surface area contributed by atoms with Gasteiger partial charge in [0.25, 0.3) is 0 Å². The van der Waals surface area contributed by atoms with Gasteiger partial charge in [-0.15, -0.1) is 0 Å². The quantitative estimate of drug-likeness (QED) is 0.787. The second-order valence-electron chi connectivity index (χ2n) is 6.13. The third-order valence-corrected chi connectivity index (χ3v) is 2.93. The van der Waals surface area contributed by atoms with Crippen LogP contribution in [0.15, 0.2) is 0 Å². The summed E-state index contributed by atoms with van der Waals surface area (Å²) in [5.41, 5.74) is -0.446. The van der Waals surface area contributed by atoms with Gasteiger partial charge in [0.15, 0.2) is 5.78 Å². The molecule has 0 saturated carbocycles. The molecule has 1 fully saturated rings. The number of carbonyl (C=O) groups is 2. The molecule has 0 atom stereocenters. The van der Waals surface area contributed by atoms with Gasteiger partial charge >= 0.3 is 6.09 Å². The molecule has 1 heterocycles. The van der Waals surface area contributed by atoms with Gasteiger partial charge in [0.05, 0.1) is 6.61 Å². The molecule has 0 radical (unpaired) electrons. The van der Waals surface area contributed by atoms with Crippen molar-refractivity contribution in [1.29, 1.82) is 0 Å². The first-order valence-electron chi connectivity index (χ1n) is 6.83. The Hall–Kier alpha value is -1.10. The summed E-state index contributed by atoms with van der Waals surface area (Å²) in [6, 6.07) is 0. The van der Waals surface area contributed by atoms with E-state index in [4.69, 9.17) is 9.47 Å². The minimum atomic E-state index is -0.446. The number of ether oxygens (including phenoxy) is 2. The van der Waals surface area contributed by atoms with Gasteiger partial charge in [-0.05, 0) is 46.5 Å². The first kappa shape index (κ1) is 16.0. The number of carbonyl (C=O) groups excluding carboxylic acids is 2. The SMILES string of the molecule is CC(=O)COCC1CCN(C(=O)OC(C)(C)C)CC1. The summed E-state index contributed by atoms with van der Waals surface area (Å²) >= 11 is 0. The van der Waals surface area contributed by atoms with Gasteiger partial charge in [0, 0.05) is 13.1 Å². The van der Waals surface area contributed by atoms with Crippen molar-refractivity contribution in [2.24, 2.45) is 5.92 Å². The lowest BCUT2D eigenvalue weighted by atomic mass is 9.98. The zero-order valence-corrected chi connectivity index (χ0v) is 12.4. The number of nitrogens with zero attached hydrogens (tertiary/aromatic N) is 1. The standard InChI is InChI=1S/C14H25NO4/c1-11(16)9-18-10-12-5-7-15(8-6-12)13(17)19-14(2,3)4/h12H,5-10H2,1-4H3. The van der Waals surface area contributed by atoms with Crippen molar-refractivity contribution < 1.29 is 19.1 Å². The van der Waals surface area contributed by atoms with Crippen molar-refractivity contribution in [1.82, 2.24) is 4.90 Å². The fourth-order valence-corrected chi connectivity index (χ4v) is 1.98. The Morgan fingerprint density at radius 3 is 2.26 bits per heavy atom. The molecule has 0 unspecified atom stereocenters. The van der Waals surface area contributed by atoms with Gasteiger partial charge < -0.3 is 14.4 Å². The van der Waals surface area contributed by atoms with E-state index in [0.717, 1.165) is 12.8 Å². The molecule has 5 heteroatoms. The summed E-state index contributed by atoms with van der Waals surface area (Å²) in [6.45, 7) is 9.30. The van der Waals surface area contributed by atoms with E-state index < -0.39 is 5.60 Å². The number of Topliss-reactive ketones (excluding diaryl/α,β-unsaturated/α-hetero) is 1. The molecule has 0 aromatic heterocycles. The molecule has 0 spiro atoms. The Labute approximate surface area is 115 Å². The third kappa shape index (κ3) is 6.57. The maximum atomic E-state index is 11.9. The monoisotopic (exact) mass is 271 g/mol. The van der Waals surface area contributed by atoms with Crippen LogP contribution in [0.25, 0.3) is 0 Å². The molecule has 1 aliphatic heterocycles. The lowest BCUT2D eigenvalue weighted by molar-refractivity contribution is -0.122. The summed E-state index contributed by atoms with van der Waals surface area (Å²) in [6.07, 6.45) is 1.56. The molecular formula is C14H25NO4. The number of ketones is 1. The van der Waals surface area contributed by atoms with Crippen molar-refractivity contribution in [3.05, 3.63) is 0 Å². The van der Waals surface area contributed by atoms with Crippen molar-refractivity contribution in [2.75, 3.05) is 26.3 Å². The minimum Gasteiger partial charge on any atom is -0.444 e. The fraction of sp³-hybridized carbons (Fsp3) is 0.857. The van der Waals surface area contributed by atoms with E-state index in [0.29, 0.717) is 25.6 Å². The van der Waals surface area contributed by atoms with Crippen LogP contribution in [0.4, 0.5) is 4.79 Å². The topological polar surface area (TPSA) is 55.8 Å². The Kier molecular flexibility index (Phi) is 5.79. The summed E-state index contributed by atoms with van der Waals surface area (Å²) in [5.74, 6) is 0.476. The number of hydrogen-bond acceptors (Lipinski definition) is 4. The molecule has 1 saturated heterocycles. The van der Waals surface area contributed by atoms with E-state index in [1.165, 1.54) is 6.92 Å². The van der Waals surface area contributed by atoms with Gasteiger partial charge in [-0.3, -0.25) is 4.79 Å². The smallest absolute Gasteiger partial charge is 0.410 e. The van der Waals surface area contributed by atoms with Crippen molar-refractivity contribution >= 4 is 11.9 Å². The summed E-state index contributed by atoms with van der Waals surface area (Å²) in [7, 11) is 0. The largest absolute Gasteiger partial charge is 0.444 e. The predicted octanol–water partition coefficient (Wildman–Crippen LogP) is 2.24. The number of piperidine rings is 1. The summed E-state index contributed by atoms with van der Waals surface area (Å²) < 4.78 is 10.7. The molecule has 19 heavy (non-hydrogen) atoms. The van der Waals surface area contributed by atoms with Crippen molar-refractivity contribution in [2.45, 2.75) is 46.1 Å². The van der Waals surface area contributed by atoms with Crippen LogP contribution < -0.4 is 0 Å². The Morgan fingerprint density at radius 1 is 1.21 bits per heavy atom. The van der Waals surface area contributed by atoms with Crippen LogP contribution in [0.3, 0.4) is 0 Å². The second kappa shape index (κ2) is 6.89. The fourth-order valence-electron chi connectivity index (χ4n) is 1.98. The highest BCUT2D eigenvalue weighted by molar-refractivity contribution is 5.76. The lowest BCUT2D eigenvalue weighted by Crippen LogP contribution is -2.42. The minimum absolute atomic E-state index is 0.0474. The van der Waals surface area contributed by atoms with Crippen LogP contribution in [0.5, 0.6) is 0 Å². The molecule has 5 nitrogen and oxygen atoms in total. The van der Waals surface area contributed by atoms with Crippen LogP contribution in [-0.2, 0) is 14.3 Å². The maximum Gasteiger partial charge on any atom is 0.410 e. The molecule has 0 bridgehead atoms. The van der Waals surface area contributed by atoms with Gasteiger partial charge in [0.1, 0.15) is 12.2 Å². The molecule has 1 aliphatic rings. The molecule has 0 aromatic rings. The van der Waals surface area contributed by atoms with Crippen LogP contribution in [0, 0.1) is 5.92 Å². The highest BCUT2D eigenvalue weighted by Gasteiger charge is 2.26. The van der Waals surface area contributed by atoms with E-state index in [9.17, 15) is 9.59 Å². The number of hydrogen-bond donors (Lipinski definition) is 0. The Morgan fingerprint density at radius 2 is 1.79 bits per heavy atom. The number of amides is 1. The van der Waals surface area contributed by atoms with Gasteiger partial charge in [-0.1, -0.05) is 0 Å². The first-order chi connectivity index (χ1) is 8.78. The molecule has 0 aromatic carbocycles. The molecule has 0 aliphatic carbocycles. The van der Waals surface area contributed by atoms with E-state index >= 15 is 0 Å². The van der Waals surface area contributed by atoms with Crippen LogP contribution in [-0.4, -0.2) is 48.7 Å². The average molecular weight is 271 g/mol. The van der Waals surface area contributed by atoms with Crippen molar-refractivity contribution in [3.8, 4) is 0 Å².